The molecule has 1 amide bonds. The summed E-state index contributed by atoms with van der Waals surface area (Å²) in [5.74, 6) is 0.141. The number of aryl methyl sites for hydroxylation is 1. The van der Waals surface area contributed by atoms with E-state index in [2.05, 4.69) is 4.74 Å². The van der Waals surface area contributed by atoms with Gasteiger partial charge in [-0.15, -0.1) is 11.8 Å². The van der Waals surface area contributed by atoms with Crippen LogP contribution < -0.4 is 0 Å². The first kappa shape index (κ1) is 16.6. The van der Waals surface area contributed by atoms with Crippen LogP contribution in [0.4, 0.5) is 0 Å². The lowest BCUT2D eigenvalue weighted by atomic mass is 10.2. The van der Waals surface area contributed by atoms with Crippen LogP contribution in [-0.4, -0.2) is 42.7 Å². The molecule has 4 nitrogen and oxygen atoms in total. The maximum Gasteiger partial charge on any atom is 0.307 e. The third-order valence-electron chi connectivity index (χ3n) is 2.93. The summed E-state index contributed by atoms with van der Waals surface area (Å²) in [6, 6.07) is 8.08. The zero-order valence-corrected chi connectivity index (χ0v) is 13.0. The molecule has 20 heavy (non-hydrogen) atoms. The lowest BCUT2D eigenvalue weighted by Crippen LogP contribution is -2.34. The minimum Gasteiger partial charge on any atom is -0.469 e. The quantitative estimate of drug-likeness (QED) is 0.573. The van der Waals surface area contributed by atoms with E-state index in [0.29, 0.717) is 18.8 Å². The summed E-state index contributed by atoms with van der Waals surface area (Å²) in [6.07, 6.45) is 0.241. The van der Waals surface area contributed by atoms with Gasteiger partial charge in [-0.1, -0.05) is 17.7 Å². The second kappa shape index (κ2) is 8.64. The molecular formula is C15H21NO3S. The fourth-order valence-electron chi connectivity index (χ4n) is 1.66. The van der Waals surface area contributed by atoms with Gasteiger partial charge in [-0.25, -0.2) is 0 Å². The molecule has 1 aromatic carbocycles. The number of esters is 1. The fourth-order valence-corrected chi connectivity index (χ4v) is 2.46. The van der Waals surface area contributed by atoms with Gasteiger partial charge in [-0.3, -0.25) is 9.59 Å². The van der Waals surface area contributed by atoms with Crippen molar-refractivity contribution in [2.45, 2.75) is 25.2 Å². The highest BCUT2D eigenvalue weighted by Crippen LogP contribution is 2.18. The Kier molecular flexibility index (Phi) is 7.15. The van der Waals surface area contributed by atoms with Crippen molar-refractivity contribution in [1.29, 1.82) is 0 Å². The molecule has 5 heteroatoms. The lowest BCUT2D eigenvalue weighted by molar-refractivity contribution is -0.141. The maximum absolute atomic E-state index is 12.1. The number of methoxy groups -OCH3 is 1. The molecular weight excluding hydrogens is 274 g/mol. The van der Waals surface area contributed by atoms with Crippen molar-refractivity contribution >= 4 is 23.6 Å². The van der Waals surface area contributed by atoms with Crippen molar-refractivity contribution in [3.63, 3.8) is 0 Å². The van der Waals surface area contributed by atoms with Crippen molar-refractivity contribution in [1.82, 2.24) is 4.90 Å². The monoisotopic (exact) mass is 295 g/mol. The number of nitrogens with zero attached hydrogens (tertiary/aromatic N) is 1. The molecule has 0 fully saturated rings. The molecule has 0 bridgehead atoms. The number of hydrogen-bond donors (Lipinski definition) is 0. The van der Waals surface area contributed by atoms with Gasteiger partial charge in [0.25, 0.3) is 0 Å². The van der Waals surface area contributed by atoms with Gasteiger partial charge >= 0.3 is 5.97 Å². The third kappa shape index (κ3) is 5.65. The summed E-state index contributed by atoms with van der Waals surface area (Å²) in [7, 11) is 1.35. The second-order valence-corrected chi connectivity index (χ2v) is 5.45. The fraction of sp³-hybridized carbons (Fsp3) is 0.467. The van der Waals surface area contributed by atoms with E-state index >= 15 is 0 Å². The Hall–Kier alpha value is -1.49. The van der Waals surface area contributed by atoms with E-state index in [1.54, 1.807) is 4.90 Å². The Morgan fingerprint density at radius 3 is 2.45 bits per heavy atom. The summed E-state index contributed by atoms with van der Waals surface area (Å²) >= 11 is 1.51. The van der Waals surface area contributed by atoms with Crippen LogP contribution in [0, 0.1) is 6.92 Å². The highest BCUT2D eigenvalue weighted by atomic mass is 32.2. The molecule has 1 aromatic rings. The normalized spacial score (nSPS) is 10.2. The largest absolute Gasteiger partial charge is 0.469 e. The molecule has 0 aromatic heterocycles. The number of thioether (sulfide) groups is 1. The number of benzene rings is 1. The van der Waals surface area contributed by atoms with Crippen molar-refractivity contribution in [3.8, 4) is 0 Å². The van der Waals surface area contributed by atoms with E-state index in [1.807, 2.05) is 38.1 Å². The third-order valence-corrected chi connectivity index (χ3v) is 3.93. The molecule has 0 atom stereocenters. The van der Waals surface area contributed by atoms with Crippen LogP contribution in [0.3, 0.4) is 0 Å². The molecule has 0 aliphatic heterocycles. The van der Waals surface area contributed by atoms with Crippen LogP contribution in [0.15, 0.2) is 29.2 Å². The van der Waals surface area contributed by atoms with Crippen LogP contribution in [0.25, 0.3) is 0 Å². The number of rotatable bonds is 7. The lowest BCUT2D eigenvalue weighted by Gasteiger charge is -2.20. The van der Waals surface area contributed by atoms with E-state index < -0.39 is 0 Å². The van der Waals surface area contributed by atoms with E-state index in [4.69, 9.17) is 0 Å². The molecule has 110 valence electrons. The first-order valence-electron chi connectivity index (χ1n) is 6.61. The second-order valence-electron chi connectivity index (χ2n) is 4.40. The van der Waals surface area contributed by atoms with Crippen molar-refractivity contribution in [3.05, 3.63) is 29.8 Å². The summed E-state index contributed by atoms with van der Waals surface area (Å²) in [5.41, 5.74) is 1.20. The van der Waals surface area contributed by atoms with Gasteiger partial charge in [0.1, 0.15) is 0 Å². The average Bonchev–Trinajstić information content (AvgIpc) is 2.47. The average molecular weight is 295 g/mol. The molecule has 0 radical (unpaired) electrons. The molecule has 0 saturated carbocycles. The van der Waals surface area contributed by atoms with Crippen molar-refractivity contribution < 1.29 is 14.3 Å². The van der Waals surface area contributed by atoms with Crippen LogP contribution in [-0.2, 0) is 14.3 Å². The minimum atomic E-state index is -0.289. The Bertz CT molecular complexity index is 445. The Labute approximate surface area is 124 Å². The SMILES string of the molecule is CCN(CCC(=O)OC)C(=O)CSc1ccc(C)cc1. The van der Waals surface area contributed by atoms with Gasteiger partial charge < -0.3 is 9.64 Å². The first-order chi connectivity index (χ1) is 9.56. The molecule has 0 heterocycles. The number of carbonyl (C=O) groups is 2. The van der Waals surface area contributed by atoms with Crippen LogP contribution in [0.2, 0.25) is 0 Å². The minimum absolute atomic E-state index is 0.0435. The summed E-state index contributed by atoms with van der Waals surface area (Å²) in [5, 5.41) is 0. The molecule has 0 aliphatic carbocycles. The molecule has 0 N–H and O–H groups in total. The van der Waals surface area contributed by atoms with E-state index in [0.717, 1.165) is 4.90 Å². The molecule has 0 unspecified atom stereocenters. The summed E-state index contributed by atoms with van der Waals surface area (Å²) in [6.45, 7) is 4.96. The van der Waals surface area contributed by atoms with Crippen LogP contribution in [0.1, 0.15) is 18.9 Å². The van der Waals surface area contributed by atoms with Crippen LogP contribution in [0.5, 0.6) is 0 Å². The number of ether oxygens (including phenoxy) is 1. The standard InChI is InChI=1S/C15H21NO3S/c1-4-16(10-9-15(18)19-3)14(17)11-20-13-7-5-12(2)6-8-13/h5-8H,4,9-11H2,1-3H3. The molecule has 0 spiro atoms. The van der Waals surface area contributed by atoms with Crippen molar-refractivity contribution in [2.24, 2.45) is 0 Å². The predicted molar refractivity (Wildman–Crippen MR) is 80.8 cm³/mol. The van der Waals surface area contributed by atoms with Gasteiger partial charge in [0.15, 0.2) is 0 Å². The van der Waals surface area contributed by atoms with Gasteiger partial charge in [-0.2, -0.15) is 0 Å². The molecule has 0 aliphatic rings. The van der Waals surface area contributed by atoms with Crippen molar-refractivity contribution in [2.75, 3.05) is 26.0 Å². The topological polar surface area (TPSA) is 46.6 Å². The van der Waals surface area contributed by atoms with Gasteiger partial charge in [0.2, 0.25) is 5.91 Å². The Morgan fingerprint density at radius 1 is 1.25 bits per heavy atom. The summed E-state index contributed by atoms with van der Waals surface area (Å²) in [4.78, 5) is 25.9. The zero-order valence-electron chi connectivity index (χ0n) is 12.2. The predicted octanol–water partition coefficient (Wildman–Crippen LogP) is 2.50. The van der Waals surface area contributed by atoms with E-state index in [1.165, 1.54) is 24.4 Å². The number of carbonyl (C=O) groups excluding carboxylic acids is 2. The summed E-state index contributed by atoms with van der Waals surface area (Å²) < 4.78 is 4.58. The van der Waals surface area contributed by atoms with E-state index in [-0.39, 0.29) is 18.3 Å². The highest BCUT2D eigenvalue weighted by Gasteiger charge is 2.13. The van der Waals surface area contributed by atoms with Gasteiger partial charge in [-0.05, 0) is 26.0 Å². The zero-order chi connectivity index (χ0) is 15.0. The smallest absolute Gasteiger partial charge is 0.307 e. The maximum atomic E-state index is 12.1. The number of amides is 1. The first-order valence-corrected chi connectivity index (χ1v) is 7.59. The van der Waals surface area contributed by atoms with E-state index in [9.17, 15) is 9.59 Å². The van der Waals surface area contributed by atoms with Gasteiger partial charge in [0, 0.05) is 18.0 Å². The van der Waals surface area contributed by atoms with Crippen LogP contribution >= 0.6 is 11.8 Å². The molecule has 0 saturated heterocycles. The number of hydrogen-bond acceptors (Lipinski definition) is 4. The van der Waals surface area contributed by atoms with Gasteiger partial charge in [0.05, 0.1) is 19.3 Å². The Balaban J connectivity index is 2.42. The Morgan fingerprint density at radius 2 is 1.90 bits per heavy atom. The highest BCUT2D eigenvalue weighted by molar-refractivity contribution is 8.00. The molecule has 1 rings (SSSR count).